The van der Waals surface area contributed by atoms with Crippen molar-refractivity contribution >= 4 is 18.2 Å². The van der Waals surface area contributed by atoms with Crippen LogP contribution >= 0.6 is 0 Å². The van der Waals surface area contributed by atoms with E-state index >= 15 is 0 Å². The van der Waals surface area contributed by atoms with Gasteiger partial charge in [0.15, 0.2) is 0 Å². The van der Waals surface area contributed by atoms with Crippen LogP contribution in [0.1, 0.15) is 40.5 Å². The highest BCUT2D eigenvalue weighted by Crippen LogP contribution is 2.16. The van der Waals surface area contributed by atoms with E-state index in [1.54, 1.807) is 13.8 Å². The Morgan fingerprint density at radius 1 is 1.25 bits per heavy atom. The molecule has 0 radical (unpaired) electrons. The molecule has 0 aromatic heterocycles. The number of ether oxygens (including phenoxy) is 2. The summed E-state index contributed by atoms with van der Waals surface area (Å²) in [5.41, 5.74) is 4.28. The first kappa shape index (κ1) is 22.5. The second-order valence-corrected chi connectivity index (χ2v) is 6.90. The van der Waals surface area contributed by atoms with Crippen molar-refractivity contribution < 1.29 is 29.0 Å². The summed E-state index contributed by atoms with van der Waals surface area (Å²) in [6.07, 6.45) is 0.416. The van der Waals surface area contributed by atoms with Crippen molar-refractivity contribution in [3.8, 4) is 0 Å². The minimum Gasteiger partial charge on any atom is -0.481 e. The lowest BCUT2D eigenvalue weighted by atomic mass is 9.93. The molecule has 0 rings (SSSR count). The van der Waals surface area contributed by atoms with E-state index in [4.69, 9.17) is 20.3 Å². The van der Waals surface area contributed by atoms with Crippen LogP contribution in [-0.2, 0) is 23.9 Å². The van der Waals surface area contributed by atoms with E-state index < -0.39 is 23.0 Å². The maximum atomic E-state index is 12.2. The Morgan fingerprint density at radius 2 is 1.88 bits per heavy atom. The first-order valence-electron chi connectivity index (χ1n) is 7.94. The quantitative estimate of drug-likeness (QED) is 0.324. The molecule has 24 heavy (non-hydrogen) atoms. The Morgan fingerprint density at radius 3 is 2.38 bits per heavy atom. The molecule has 1 atom stereocenters. The van der Waals surface area contributed by atoms with Crippen LogP contribution in [0.25, 0.3) is 0 Å². The molecule has 0 aliphatic carbocycles. The second kappa shape index (κ2) is 10.4. The number of carbonyl (C=O) groups excluding carboxylic acids is 2. The first-order valence-corrected chi connectivity index (χ1v) is 7.94. The van der Waals surface area contributed by atoms with Crippen LogP contribution < -0.4 is 11.1 Å². The van der Waals surface area contributed by atoms with Crippen molar-refractivity contribution in [1.82, 2.24) is 5.32 Å². The number of nitrogens with one attached hydrogen (secondary N) is 1. The molecule has 4 N–H and O–H groups in total. The van der Waals surface area contributed by atoms with Crippen LogP contribution in [0.2, 0.25) is 0 Å². The zero-order valence-corrected chi connectivity index (χ0v) is 15.0. The summed E-state index contributed by atoms with van der Waals surface area (Å²) in [5.74, 6) is -1.38. The molecule has 0 aromatic carbocycles. The molecule has 0 bridgehead atoms. The third-order valence-electron chi connectivity index (χ3n) is 3.44. The first-order chi connectivity index (χ1) is 11.0. The Labute approximate surface area is 143 Å². The normalized spacial score (nSPS) is 13.4. The van der Waals surface area contributed by atoms with Gasteiger partial charge in [0.05, 0.1) is 36.9 Å². The van der Waals surface area contributed by atoms with Crippen molar-refractivity contribution in [3.63, 3.8) is 0 Å². The number of aliphatic carboxylic acids is 1. The third kappa shape index (κ3) is 9.59. The van der Waals surface area contributed by atoms with Gasteiger partial charge in [-0.15, -0.1) is 0 Å². The monoisotopic (exact) mass is 346 g/mol. The molecule has 8 heteroatoms. The maximum absolute atomic E-state index is 12.2. The van der Waals surface area contributed by atoms with E-state index in [2.05, 4.69) is 5.32 Å². The van der Waals surface area contributed by atoms with Gasteiger partial charge in [0.25, 0.3) is 0 Å². The predicted octanol–water partition coefficient (Wildman–Crippen LogP) is 0.332. The van der Waals surface area contributed by atoms with Gasteiger partial charge in [-0.3, -0.25) is 9.59 Å². The number of nitrogens with two attached hydrogens (primary N) is 1. The summed E-state index contributed by atoms with van der Waals surface area (Å²) < 4.78 is 11.0. The summed E-state index contributed by atoms with van der Waals surface area (Å²) >= 11 is 0. The fourth-order valence-electron chi connectivity index (χ4n) is 1.65. The van der Waals surface area contributed by atoms with Crippen LogP contribution in [0.4, 0.5) is 0 Å². The minimum atomic E-state index is -1.01. The van der Waals surface area contributed by atoms with Gasteiger partial charge in [-0.1, -0.05) is 0 Å². The number of aldehydes is 1. The number of carboxylic acids is 1. The molecule has 0 heterocycles. The van der Waals surface area contributed by atoms with Gasteiger partial charge in [0.2, 0.25) is 5.91 Å². The molecule has 0 aliphatic rings. The van der Waals surface area contributed by atoms with E-state index in [1.807, 2.05) is 13.8 Å². The molecular formula is C16H30N2O6. The van der Waals surface area contributed by atoms with Gasteiger partial charge in [0, 0.05) is 13.0 Å². The van der Waals surface area contributed by atoms with Gasteiger partial charge in [-0.2, -0.15) is 0 Å². The fraction of sp³-hybridized carbons (Fsp3) is 0.812. The fourth-order valence-corrected chi connectivity index (χ4v) is 1.65. The largest absolute Gasteiger partial charge is 0.481 e. The molecule has 0 spiro atoms. The Kier molecular flexibility index (Phi) is 9.72. The lowest BCUT2D eigenvalue weighted by molar-refractivity contribution is -0.138. The highest BCUT2D eigenvalue weighted by molar-refractivity contribution is 5.84. The van der Waals surface area contributed by atoms with Crippen molar-refractivity contribution in [2.24, 2.45) is 11.1 Å². The SMILES string of the molecule is CC(C)(CN)OCCOCC(C)(C)C(=O)NC(C=O)CCC(=O)O. The standard InChI is InChI=1S/C16H30N2O6/c1-15(2,11-23-7-8-24-16(3,4)10-17)14(22)18-12(9-19)5-6-13(20)21/h9,12H,5-8,10-11,17H2,1-4H3,(H,18,22)(H,20,21). The Balaban J connectivity index is 4.22. The number of hydrogen-bond donors (Lipinski definition) is 3. The summed E-state index contributed by atoms with van der Waals surface area (Å²) in [6, 6.07) is -0.818. The molecule has 8 nitrogen and oxygen atoms in total. The van der Waals surface area contributed by atoms with Gasteiger partial charge in [0.1, 0.15) is 6.29 Å². The average Bonchev–Trinajstić information content (AvgIpc) is 2.50. The van der Waals surface area contributed by atoms with Crippen molar-refractivity contribution in [3.05, 3.63) is 0 Å². The van der Waals surface area contributed by atoms with E-state index in [-0.39, 0.29) is 25.4 Å². The number of carbonyl (C=O) groups is 3. The van der Waals surface area contributed by atoms with Gasteiger partial charge in [-0.25, -0.2) is 0 Å². The van der Waals surface area contributed by atoms with Gasteiger partial charge in [-0.05, 0) is 34.1 Å². The number of hydrogen-bond acceptors (Lipinski definition) is 6. The zero-order valence-electron chi connectivity index (χ0n) is 15.0. The summed E-state index contributed by atoms with van der Waals surface area (Å²) in [6.45, 7) is 8.34. The molecule has 0 fully saturated rings. The highest BCUT2D eigenvalue weighted by atomic mass is 16.5. The average molecular weight is 346 g/mol. The van der Waals surface area contributed by atoms with Crippen LogP contribution in [0.5, 0.6) is 0 Å². The molecular weight excluding hydrogens is 316 g/mol. The maximum Gasteiger partial charge on any atom is 0.303 e. The van der Waals surface area contributed by atoms with E-state index in [9.17, 15) is 14.4 Å². The Bertz CT molecular complexity index is 423. The van der Waals surface area contributed by atoms with Crippen molar-refractivity contribution in [2.45, 2.75) is 52.2 Å². The van der Waals surface area contributed by atoms with E-state index in [0.717, 1.165) is 0 Å². The molecule has 0 saturated carbocycles. The zero-order chi connectivity index (χ0) is 18.8. The van der Waals surface area contributed by atoms with E-state index in [0.29, 0.717) is 26.0 Å². The molecule has 1 amide bonds. The summed E-state index contributed by atoms with van der Waals surface area (Å²) in [7, 11) is 0. The smallest absolute Gasteiger partial charge is 0.303 e. The predicted molar refractivity (Wildman–Crippen MR) is 88.5 cm³/mol. The Hall–Kier alpha value is -1.51. The lowest BCUT2D eigenvalue weighted by Crippen LogP contribution is -2.46. The summed E-state index contributed by atoms with van der Waals surface area (Å²) in [4.78, 5) is 33.7. The second-order valence-electron chi connectivity index (χ2n) is 6.90. The number of carboxylic acid groups (broad SMARTS) is 1. The summed E-state index contributed by atoms with van der Waals surface area (Å²) in [5, 5.41) is 11.2. The number of amides is 1. The lowest BCUT2D eigenvalue weighted by Gasteiger charge is -2.26. The molecule has 0 aliphatic heterocycles. The van der Waals surface area contributed by atoms with Crippen LogP contribution in [0.3, 0.4) is 0 Å². The van der Waals surface area contributed by atoms with Crippen molar-refractivity contribution in [1.29, 1.82) is 0 Å². The number of rotatable bonds is 13. The van der Waals surface area contributed by atoms with E-state index in [1.165, 1.54) is 0 Å². The third-order valence-corrected chi connectivity index (χ3v) is 3.44. The molecule has 140 valence electrons. The van der Waals surface area contributed by atoms with Crippen LogP contribution in [0.15, 0.2) is 0 Å². The van der Waals surface area contributed by atoms with Crippen LogP contribution in [-0.4, -0.2) is 61.3 Å². The van der Waals surface area contributed by atoms with Crippen molar-refractivity contribution in [2.75, 3.05) is 26.4 Å². The topological polar surface area (TPSA) is 128 Å². The van der Waals surface area contributed by atoms with Gasteiger partial charge < -0.3 is 30.4 Å². The minimum absolute atomic E-state index is 0.0590. The highest BCUT2D eigenvalue weighted by Gasteiger charge is 2.29. The molecule has 0 aromatic rings. The van der Waals surface area contributed by atoms with Crippen LogP contribution in [0, 0.1) is 5.41 Å². The molecule has 1 unspecified atom stereocenters. The van der Waals surface area contributed by atoms with Gasteiger partial charge >= 0.3 is 5.97 Å². The molecule has 0 saturated heterocycles.